The van der Waals surface area contributed by atoms with Gasteiger partial charge in [0, 0.05) is 16.6 Å². The fraction of sp³-hybridized carbons (Fsp3) is 0.133. The normalized spacial score (nSPS) is 10.8. The molecule has 0 N–H and O–H groups in total. The van der Waals surface area contributed by atoms with Crippen LogP contribution in [0.5, 0.6) is 0 Å². The minimum atomic E-state index is -0.488. The third-order valence-electron chi connectivity index (χ3n) is 2.97. The van der Waals surface area contributed by atoms with Crippen molar-refractivity contribution >= 4 is 27.5 Å². The zero-order valence-corrected chi connectivity index (χ0v) is 13.2. The smallest absolute Gasteiger partial charge is 0.339 e. The van der Waals surface area contributed by atoms with Crippen LogP contribution in [0, 0.1) is 6.92 Å². The fourth-order valence-corrected chi connectivity index (χ4v) is 2.44. The number of rotatable bonds is 3. The lowest BCUT2D eigenvalue weighted by Gasteiger charge is -2.05. The molecule has 0 spiro atoms. The topological polar surface area (TPSA) is 73.8 Å². The predicted molar refractivity (Wildman–Crippen MR) is 81.7 cm³/mol. The van der Waals surface area contributed by atoms with E-state index in [1.807, 2.05) is 0 Å². The zero-order valence-electron chi connectivity index (χ0n) is 11.6. The van der Waals surface area contributed by atoms with E-state index < -0.39 is 5.97 Å². The summed E-state index contributed by atoms with van der Waals surface area (Å²) in [6.07, 6.45) is 0. The molecule has 0 bridgehead atoms. The molecule has 1 aromatic carbocycles. The van der Waals surface area contributed by atoms with Gasteiger partial charge in [-0.1, -0.05) is 12.1 Å². The summed E-state index contributed by atoms with van der Waals surface area (Å²) in [6.45, 7) is 1.64. The van der Waals surface area contributed by atoms with Gasteiger partial charge in [0.1, 0.15) is 12.4 Å². The molecule has 0 amide bonds. The van der Waals surface area contributed by atoms with Crippen LogP contribution in [-0.4, -0.2) is 15.5 Å². The Kier molecular flexibility index (Phi) is 3.81. The molecule has 3 aromatic rings. The lowest BCUT2D eigenvalue weighted by atomic mass is 10.2. The van der Waals surface area contributed by atoms with Gasteiger partial charge >= 0.3 is 5.97 Å². The molecule has 22 heavy (non-hydrogen) atoms. The van der Waals surface area contributed by atoms with E-state index in [9.17, 15) is 9.59 Å². The molecule has 6 nitrogen and oxygen atoms in total. The van der Waals surface area contributed by atoms with Crippen molar-refractivity contribution in [1.82, 2.24) is 9.56 Å². The van der Waals surface area contributed by atoms with Crippen LogP contribution in [0.15, 0.2) is 50.2 Å². The number of carbonyl (C=O) groups excluding carboxylic acids is 1. The monoisotopic (exact) mass is 362 g/mol. The van der Waals surface area contributed by atoms with Crippen LogP contribution in [0.2, 0.25) is 0 Å². The van der Waals surface area contributed by atoms with Crippen LogP contribution < -0.4 is 5.56 Å². The van der Waals surface area contributed by atoms with Gasteiger partial charge in [0.25, 0.3) is 5.56 Å². The summed E-state index contributed by atoms with van der Waals surface area (Å²) in [7, 11) is 0. The van der Waals surface area contributed by atoms with Crippen molar-refractivity contribution in [2.45, 2.75) is 13.5 Å². The molecule has 0 aliphatic heterocycles. The van der Waals surface area contributed by atoms with Crippen LogP contribution >= 0.6 is 15.9 Å². The Bertz CT molecular complexity index is 913. The first-order valence-electron chi connectivity index (χ1n) is 6.46. The minimum Gasteiger partial charge on any atom is -0.456 e. The second-order valence-corrected chi connectivity index (χ2v) is 5.49. The molecule has 7 heteroatoms. The van der Waals surface area contributed by atoms with Crippen molar-refractivity contribution < 1.29 is 14.1 Å². The maximum atomic E-state index is 12.0. The van der Waals surface area contributed by atoms with E-state index in [4.69, 9.17) is 9.26 Å². The summed E-state index contributed by atoms with van der Waals surface area (Å²) in [5.74, 6) is 0.0878. The second-order valence-electron chi connectivity index (χ2n) is 4.64. The molecule has 2 heterocycles. The molecular weight excluding hydrogens is 352 g/mol. The number of hydrogen-bond acceptors (Lipinski definition) is 5. The third-order valence-corrected chi connectivity index (χ3v) is 3.66. The second kappa shape index (κ2) is 5.76. The van der Waals surface area contributed by atoms with Gasteiger partial charge < -0.3 is 9.26 Å². The Morgan fingerprint density at radius 3 is 2.91 bits per heavy atom. The van der Waals surface area contributed by atoms with Crippen molar-refractivity contribution in [3.8, 4) is 0 Å². The van der Waals surface area contributed by atoms with Gasteiger partial charge in [0.05, 0.1) is 11.3 Å². The number of esters is 1. The van der Waals surface area contributed by atoms with Crippen LogP contribution in [0.4, 0.5) is 0 Å². The molecule has 0 saturated heterocycles. The van der Waals surface area contributed by atoms with Gasteiger partial charge in [-0.2, -0.15) is 0 Å². The highest BCUT2D eigenvalue weighted by Gasteiger charge is 2.12. The SMILES string of the molecule is Cc1cc2nc(COC(=O)c3ccccc3Br)cc(=O)n2o1. The molecule has 0 unspecified atom stereocenters. The summed E-state index contributed by atoms with van der Waals surface area (Å²) in [5, 5.41) is 0. The molecule has 0 radical (unpaired) electrons. The van der Waals surface area contributed by atoms with Gasteiger partial charge in [0.2, 0.25) is 0 Å². The third kappa shape index (κ3) is 2.80. The van der Waals surface area contributed by atoms with Crippen molar-refractivity contribution in [1.29, 1.82) is 0 Å². The highest BCUT2D eigenvalue weighted by molar-refractivity contribution is 9.10. The minimum absolute atomic E-state index is 0.0872. The first kappa shape index (κ1) is 14.5. The van der Waals surface area contributed by atoms with E-state index in [1.54, 1.807) is 37.3 Å². The van der Waals surface area contributed by atoms with Crippen molar-refractivity contribution in [2.24, 2.45) is 0 Å². The summed E-state index contributed by atoms with van der Waals surface area (Å²) >= 11 is 3.29. The van der Waals surface area contributed by atoms with E-state index in [1.165, 1.54) is 6.07 Å². The summed E-state index contributed by atoms with van der Waals surface area (Å²) in [6, 6.07) is 9.87. The Balaban J connectivity index is 1.81. The van der Waals surface area contributed by atoms with E-state index in [0.29, 0.717) is 27.1 Å². The molecule has 0 saturated carbocycles. The van der Waals surface area contributed by atoms with Crippen molar-refractivity contribution in [3.63, 3.8) is 0 Å². The number of fused-ring (bicyclic) bond motifs is 1. The Hall–Kier alpha value is -2.41. The maximum absolute atomic E-state index is 12.0. The molecule has 112 valence electrons. The average molecular weight is 363 g/mol. The van der Waals surface area contributed by atoms with E-state index in [0.717, 1.165) is 4.57 Å². The highest BCUT2D eigenvalue weighted by atomic mass is 79.9. The number of benzene rings is 1. The number of aromatic nitrogens is 2. The standard InChI is InChI=1S/C15H11BrN2O4/c1-9-6-13-17-10(7-14(19)18(13)22-9)8-21-15(20)11-4-2-3-5-12(11)16/h2-7H,8H2,1H3. The van der Waals surface area contributed by atoms with Crippen molar-refractivity contribution in [3.05, 3.63) is 68.2 Å². The van der Waals surface area contributed by atoms with Gasteiger partial charge in [-0.3, -0.25) is 4.79 Å². The molecule has 3 rings (SSSR count). The number of nitrogens with zero attached hydrogens (tertiary/aromatic N) is 2. The lowest BCUT2D eigenvalue weighted by molar-refractivity contribution is 0.0466. The number of ether oxygens (including phenoxy) is 1. The summed E-state index contributed by atoms with van der Waals surface area (Å²) in [4.78, 5) is 28.1. The quantitative estimate of drug-likeness (QED) is 0.669. The van der Waals surface area contributed by atoms with Crippen LogP contribution in [0.1, 0.15) is 21.8 Å². The largest absolute Gasteiger partial charge is 0.456 e. The van der Waals surface area contributed by atoms with Crippen LogP contribution in [0.3, 0.4) is 0 Å². The molecule has 0 fully saturated rings. The number of hydrogen-bond donors (Lipinski definition) is 0. The van der Waals surface area contributed by atoms with Crippen LogP contribution in [-0.2, 0) is 11.3 Å². The molecule has 0 atom stereocenters. The molecular formula is C15H11BrN2O4. The van der Waals surface area contributed by atoms with Crippen molar-refractivity contribution in [2.75, 3.05) is 0 Å². The Morgan fingerprint density at radius 2 is 2.14 bits per heavy atom. The Labute approximate surface area is 133 Å². The average Bonchev–Trinajstić information content (AvgIpc) is 2.86. The van der Waals surface area contributed by atoms with Crippen LogP contribution in [0.25, 0.3) is 5.65 Å². The van der Waals surface area contributed by atoms with E-state index in [-0.39, 0.29) is 12.2 Å². The van der Waals surface area contributed by atoms with Gasteiger partial charge in [-0.15, -0.1) is 4.57 Å². The molecule has 0 aliphatic carbocycles. The summed E-state index contributed by atoms with van der Waals surface area (Å²) < 4.78 is 12.1. The van der Waals surface area contributed by atoms with E-state index >= 15 is 0 Å². The van der Waals surface area contributed by atoms with E-state index in [2.05, 4.69) is 20.9 Å². The Morgan fingerprint density at radius 1 is 1.36 bits per heavy atom. The lowest BCUT2D eigenvalue weighted by Crippen LogP contribution is -2.15. The summed E-state index contributed by atoms with van der Waals surface area (Å²) in [5.41, 5.74) is 0.813. The van der Waals surface area contributed by atoms with Gasteiger partial charge in [-0.25, -0.2) is 9.78 Å². The molecule has 2 aromatic heterocycles. The van der Waals surface area contributed by atoms with Gasteiger partial charge in [0.15, 0.2) is 5.65 Å². The first-order chi connectivity index (χ1) is 10.5. The first-order valence-corrected chi connectivity index (χ1v) is 7.25. The number of carbonyl (C=O) groups is 1. The fourth-order valence-electron chi connectivity index (χ4n) is 1.99. The zero-order chi connectivity index (χ0) is 15.7. The maximum Gasteiger partial charge on any atom is 0.339 e. The highest BCUT2D eigenvalue weighted by Crippen LogP contribution is 2.17. The van der Waals surface area contributed by atoms with Gasteiger partial charge in [-0.05, 0) is 35.0 Å². The number of halogens is 1. The number of aryl methyl sites for hydroxylation is 1. The predicted octanol–water partition coefficient (Wildman–Crippen LogP) is 2.72. The molecule has 0 aliphatic rings.